The molecule has 32 heavy (non-hydrogen) atoms. The Morgan fingerprint density at radius 3 is 2.38 bits per heavy atom. The second kappa shape index (κ2) is 10.1. The van der Waals surface area contributed by atoms with Crippen LogP contribution < -0.4 is 0 Å². The molecule has 0 N–H and O–H groups in total. The van der Waals surface area contributed by atoms with Crippen LogP contribution in [0.3, 0.4) is 0 Å². The molecule has 0 saturated carbocycles. The van der Waals surface area contributed by atoms with E-state index < -0.39 is 0 Å². The smallest absolute Gasteiger partial charge is 0.173 e. The molecule has 0 aliphatic carbocycles. The Labute approximate surface area is 200 Å². The maximum absolute atomic E-state index is 14.3. The zero-order valence-corrected chi connectivity index (χ0v) is 19.9. The van der Waals surface area contributed by atoms with Gasteiger partial charge in [-0.3, -0.25) is 4.57 Å². The van der Waals surface area contributed by atoms with E-state index in [1.807, 2.05) is 17.0 Å². The van der Waals surface area contributed by atoms with E-state index in [-0.39, 0.29) is 17.6 Å². The first-order valence-corrected chi connectivity index (χ1v) is 12.6. The highest BCUT2D eigenvalue weighted by molar-refractivity contribution is 7.98. The van der Waals surface area contributed by atoms with E-state index in [4.69, 9.17) is 11.6 Å². The first-order chi connectivity index (χ1) is 15.5. The van der Waals surface area contributed by atoms with Crippen molar-refractivity contribution in [3.8, 4) is 5.69 Å². The first kappa shape index (κ1) is 22.9. The number of aromatic nitrogens is 2. The summed E-state index contributed by atoms with van der Waals surface area (Å²) in [6.07, 6.45) is 3.88. The zero-order valence-electron chi connectivity index (χ0n) is 17.6. The number of imidazole rings is 1. The third-order valence-corrected chi connectivity index (χ3v) is 7.39. The van der Waals surface area contributed by atoms with E-state index in [0.29, 0.717) is 21.5 Å². The zero-order chi connectivity index (χ0) is 22.7. The van der Waals surface area contributed by atoms with Crippen molar-refractivity contribution in [1.82, 2.24) is 9.55 Å². The molecule has 0 aliphatic heterocycles. The van der Waals surface area contributed by atoms with E-state index >= 15 is 0 Å². The van der Waals surface area contributed by atoms with Crippen LogP contribution in [0.15, 0.2) is 83.0 Å². The van der Waals surface area contributed by atoms with Gasteiger partial charge in [0.1, 0.15) is 11.6 Å². The molecule has 4 aromatic rings. The topological polar surface area (TPSA) is 17.8 Å². The summed E-state index contributed by atoms with van der Waals surface area (Å²) in [4.78, 5) is 5.83. The van der Waals surface area contributed by atoms with E-state index in [0.717, 1.165) is 16.9 Å². The lowest BCUT2D eigenvalue weighted by atomic mass is 9.98. The first-order valence-electron chi connectivity index (χ1n) is 10.0. The van der Waals surface area contributed by atoms with Gasteiger partial charge in [0.2, 0.25) is 0 Å². The Balaban J connectivity index is 1.72. The van der Waals surface area contributed by atoms with Gasteiger partial charge >= 0.3 is 0 Å². The normalized spacial score (nSPS) is 12.2. The fraction of sp³-hybridized carbons (Fsp3) is 0.160. The largest absolute Gasteiger partial charge is 0.291 e. The third kappa shape index (κ3) is 4.87. The van der Waals surface area contributed by atoms with Crippen molar-refractivity contribution in [3.63, 3.8) is 0 Å². The van der Waals surface area contributed by atoms with Crippen molar-refractivity contribution in [3.05, 3.63) is 106 Å². The Morgan fingerprint density at radius 2 is 1.72 bits per heavy atom. The van der Waals surface area contributed by atoms with Crippen LogP contribution >= 0.6 is 35.1 Å². The summed E-state index contributed by atoms with van der Waals surface area (Å²) in [5, 5.41) is 1.08. The second-order valence-corrected chi connectivity index (χ2v) is 9.49. The van der Waals surface area contributed by atoms with Gasteiger partial charge in [-0.05, 0) is 60.4 Å². The van der Waals surface area contributed by atoms with Gasteiger partial charge in [-0.1, -0.05) is 48.5 Å². The summed E-state index contributed by atoms with van der Waals surface area (Å²) < 4.78 is 29.9. The maximum Gasteiger partial charge on any atom is 0.173 e. The number of hydrogen-bond acceptors (Lipinski definition) is 3. The van der Waals surface area contributed by atoms with Crippen LogP contribution in [0.5, 0.6) is 0 Å². The molecule has 0 bridgehead atoms. The standard InChI is InChI=1S/C25H21ClF2N2S2/c1-16(17-6-12-20(31-2)13-7-17)24-14-29-25(30(24)19-10-8-18(27)9-11-19)32-15-21-22(26)4-3-5-23(21)28/h3-14,16H,15H2,1-2H3. The third-order valence-electron chi connectivity index (χ3n) is 5.31. The Hall–Kier alpha value is -2.28. The molecule has 0 spiro atoms. The van der Waals surface area contributed by atoms with Gasteiger partial charge < -0.3 is 0 Å². The van der Waals surface area contributed by atoms with Crippen LogP contribution in [0.25, 0.3) is 5.69 Å². The minimum absolute atomic E-state index is 0.0508. The molecular weight excluding hydrogens is 466 g/mol. The number of rotatable bonds is 7. The minimum atomic E-state index is -0.340. The second-order valence-electron chi connectivity index (χ2n) is 7.26. The van der Waals surface area contributed by atoms with E-state index in [1.54, 1.807) is 36.0 Å². The molecule has 1 unspecified atom stereocenters. The van der Waals surface area contributed by atoms with Crippen molar-refractivity contribution in [2.24, 2.45) is 0 Å². The highest BCUT2D eigenvalue weighted by Gasteiger charge is 2.20. The number of halogens is 3. The highest BCUT2D eigenvalue weighted by Crippen LogP contribution is 2.34. The summed E-state index contributed by atoms with van der Waals surface area (Å²) in [5.41, 5.74) is 3.36. The Kier molecular flexibility index (Phi) is 7.23. The molecule has 0 amide bonds. The lowest BCUT2D eigenvalue weighted by molar-refractivity contribution is 0.617. The number of benzene rings is 3. The van der Waals surface area contributed by atoms with E-state index in [1.165, 1.54) is 34.9 Å². The van der Waals surface area contributed by atoms with Crippen LogP contribution in [0.4, 0.5) is 8.78 Å². The average molecular weight is 487 g/mol. The summed E-state index contributed by atoms with van der Waals surface area (Å²) >= 11 is 9.30. The predicted molar refractivity (Wildman–Crippen MR) is 130 cm³/mol. The predicted octanol–water partition coefficient (Wildman–Crippen LogP) is 7.97. The Bertz CT molecular complexity index is 1190. The summed E-state index contributed by atoms with van der Waals surface area (Å²) in [5.74, 6) is -0.259. The molecule has 1 heterocycles. The van der Waals surface area contributed by atoms with Crippen LogP contribution in [0, 0.1) is 11.6 Å². The van der Waals surface area contributed by atoms with Crippen molar-refractivity contribution < 1.29 is 8.78 Å². The van der Waals surface area contributed by atoms with Crippen molar-refractivity contribution in [1.29, 1.82) is 0 Å². The molecule has 2 nitrogen and oxygen atoms in total. The minimum Gasteiger partial charge on any atom is -0.291 e. The van der Waals surface area contributed by atoms with Crippen LogP contribution in [0.1, 0.15) is 29.7 Å². The van der Waals surface area contributed by atoms with Gasteiger partial charge in [0, 0.05) is 32.8 Å². The molecule has 164 valence electrons. The molecule has 1 atom stereocenters. The molecule has 0 aliphatic rings. The number of hydrogen-bond donors (Lipinski definition) is 0. The number of thioether (sulfide) groups is 2. The monoisotopic (exact) mass is 486 g/mol. The van der Waals surface area contributed by atoms with Gasteiger partial charge in [0.05, 0.1) is 11.9 Å². The quantitative estimate of drug-likeness (QED) is 0.247. The van der Waals surface area contributed by atoms with Gasteiger partial charge in [0.15, 0.2) is 5.16 Å². The van der Waals surface area contributed by atoms with Gasteiger partial charge in [-0.15, -0.1) is 11.8 Å². The average Bonchev–Trinajstić information content (AvgIpc) is 3.22. The summed E-state index contributed by atoms with van der Waals surface area (Å²) in [6.45, 7) is 2.12. The molecule has 0 fully saturated rings. The van der Waals surface area contributed by atoms with Gasteiger partial charge in [-0.25, -0.2) is 13.8 Å². The lowest BCUT2D eigenvalue weighted by Gasteiger charge is -2.17. The van der Waals surface area contributed by atoms with Crippen molar-refractivity contribution in [2.75, 3.05) is 6.26 Å². The SMILES string of the molecule is CSc1ccc(C(C)c2cnc(SCc3c(F)cccc3Cl)n2-c2ccc(F)cc2)cc1. The van der Waals surface area contributed by atoms with E-state index in [2.05, 4.69) is 36.2 Å². The van der Waals surface area contributed by atoms with Crippen LogP contribution in [0.2, 0.25) is 5.02 Å². The fourth-order valence-corrected chi connectivity index (χ4v) is 5.23. The molecule has 0 saturated heterocycles. The highest BCUT2D eigenvalue weighted by atomic mass is 35.5. The van der Waals surface area contributed by atoms with E-state index in [9.17, 15) is 8.78 Å². The molecule has 1 aromatic heterocycles. The van der Waals surface area contributed by atoms with Gasteiger partial charge in [-0.2, -0.15) is 0 Å². The maximum atomic E-state index is 14.3. The number of nitrogens with zero attached hydrogens (tertiary/aromatic N) is 2. The molecule has 7 heteroatoms. The Morgan fingerprint density at radius 1 is 1.00 bits per heavy atom. The fourth-order valence-electron chi connectivity index (χ4n) is 3.47. The van der Waals surface area contributed by atoms with Crippen LogP contribution in [-0.4, -0.2) is 15.8 Å². The molecule has 3 aromatic carbocycles. The summed E-state index contributed by atoms with van der Waals surface area (Å²) in [6, 6.07) is 19.4. The van der Waals surface area contributed by atoms with Crippen molar-refractivity contribution >= 4 is 35.1 Å². The molecular formula is C25H21ClF2N2S2. The lowest BCUT2D eigenvalue weighted by Crippen LogP contribution is -2.06. The molecule has 0 radical (unpaired) electrons. The van der Waals surface area contributed by atoms with Crippen molar-refractivity contribution in [2.45, 2.75) is 28.6 Å². The van der Waals surface area contributed by atoms with Gasteiger partial charge in [0.25, 0.3) is 0 Å². The summed E-state index contributed by atoms with van der Waals surface area (Å²) in [7, 11) is 0. The molecule has 4 rings (SSSR count). The van der Waals surface area contributed by atoms with Crippen LogP contribution in [-0.2, 0) is 5.75 Å².